The molecule has 1 atom stereocenters. The average Bonchev–Trinajstić information content (AvgIpc) is 3.01. The molecule has 3 aliphatic heterocycles. The molecule has 7 nitrogen and oxygen atoms in total. The number of nitrogens with zero attached hydrogens (tertiary/aromatic N) is 3. The number of likely N-dealkylation sites (N-methyl/N-ethyl adjacent to an activating group) is 1. The molecule has 40 heavy (non-hydrogen) atoms. The Morgan fingerprint density at radius 2 is 1.65 bits per heavy atom. The zero-order valence-corrected chi connectivity index (χ0v) is 24.9. The molecule has 9 heteroatoms. The van der Waals surface area contributed by atoms with E-state index in [0.717, 1.165) is 64.0 Å². The van der Waals surface area contributed by atoms with E-state index in [9.17, 15) is 9.59 Å². The number of hydrogen-bond acceptors (Lipinski definition) is 5. The molecule has 1 unspecified atom stereocenters. The molecule has 0 bridgehead atoms. The number of piperidine rings is 2. The predicted molar refractivity (Wildman–Crippen MR) is 159 cm³/mol. The molecule has 0 radical (unpaired) electrons. The van der Waals surface area contributed by atoms with Crippen LogP contribution in [0.15, 0.2) is 48.5 Å². The van der Waals surface area contributed by atoms with Gasteiger partial charge in [0.2, 0.25) is 5.91 Å². The Kier molecular flexibility index (Phi) is 9.38. The third-order valence-corrected chi connectivity index (χ3v) is 9.80. The van der Waals surface area contributed by atoms with Crippen molar-refractivity contribution in [2.75, 3.05) is 59.5 Å². The monoisotopic (exact) mass is 586 g/mol. The second kappa shape index (κ2) is 12.8. The van der Waals surface area contributed by atoms with E-state index >= 15 is 0 Å². The Balaban J connectivity index is 1.33. The maximum absolute atomic E-state index is 13.4. The van der Waals surface area contributed by atoms with Gasteiger partial charge < -0.3 is 19.9 Å². The molecule has 0 saturated carbocycles. The predicted octanol–water partition coefficient (Wildman–Crippen LogP) is 4.82. The average molecular weight is 588 g/mol. The number of benzene rings is 2. The molecule has 2 amide bonds. The Bertz CT molecular complexity index is 1180. The summed E-state index contributed by atoms with van der Waals surface area (Å²) in [6, 6.07) is 15.1. The number of carbonyl (C=O) groups excluding carboxylic acids is 2. The maximum atomic E-state index is 13.4. The minimum Gasteiger partial charge on any atom is -0.367 e. The van der Waals surface area contributed by atoms with Crippen LogP contribution in [0.25, 0.3) is 0 Å². The number of ether oxygens (including phenoxy) is 1. The number of nitrogens with one attached hydrogen (secondary N) is 1. The minimum atomic E-state index is -0.709. The van der Waals surface area contributed by atoms with E-state index in [-0.39, 0.29) is 11.8 Å². The number of hydrogen-bond donors (Lipinski definition) is 1. The molecular weight excluding hydrogens is 547 g/mol. The van der Waals surface area contributed by atoms with Gasteiger partial charge >= 0.3 is 0 Å². The van der Waals surface area contributed by atoms with Crippen LogP contribution in [-0.4, -0.2) is 91.5 Å². The summed E-state index contributed by atoms with van der Waals surface area (Å²) in [5.74, 6) is 0.148. The van der Waals surface area contributed by atoms with Crippen molar-refractivity contribution in [1.29, 1.82) is 0 Å². The summed E-state index contributed by atoms with van der Waals surface area (Å²) in [4.78, 5) is 33.4. The van der Waals surface area contributed by atoms with Crippen LogP contribution in [0, 0.1) is 0 Å². The van der Waals surface area contributed by atoms with Gasteiger partial charge in [0.05, 0.1) is 23.2 Å². The van der Waals surface area contributed by atoms with Crippen LogP contribution in [0.3, 0.4) is 0 Å². The summed E-state index contributed by atoms with van der Waals surface area (Å²) in [6.07, 6.45) is 5.87. The minimum absolute atomic E-state index is 0.00296. The highest BCUT2D eigenvalue weighted by Gasteiger charge is 2.47. The van der Waals surface area contributed by atoms with Crippen LogP contribution < -0.4 is 5.32 Å². The third kappa shape index (κ3) is 6.04. The first-order valence-corrected chi connectivity index (χ1v) is 15.3. The molecular formula is C31H40Cl2N4O3. The highest BCUT2D eigenvalue weighted by molar-refractivity contribution is 6.42. The van der Waals surface area contributed by atoms with Crippen molar-refractivity contribution >= 4 is 35.0 Å². The molecule has 3 saturated heterocycles. The van der Waals surface area contributed by atoms with Crippen LogP contribution in [0.4, 0.5) is 0 Å². The first-order chi connectivity index (χ1) is 19.4. The zero-order valence-electron chi connectivity index (χ0n) is 23.3. The molecule has 3 fully saturated rings. The number of halogens is 2. The van der Waals surface area contributed by atoms with E-state index in [1.165, 1.54) is 6.42 Å². The first kappa shape index (κ1) is 29.3. The van der Waals surface area contributed by atoms with Gasteiger partial charge in [-0.2, -0.15) is 0 Å². The topological polar surface area (TPSA) is 65.1 Å². The molecule has 2 aromatic carbocycles. The van der Waals surface area contributed by atoms with Gasteiger partial charge in [-0.3, -0.25) is 14.5 Å². The van der Waals surface area contributed by atoms with Crippen molar-refractivity contribution in [2.45, 2.75) is 49.7 Å². The van der Waals surface area contributed by atoms with Gasteiger partial charge in [-0.05, 0) is 75.0 Å². The second-order valence-electron chi connectivity index (χ2n) is 11.3. The van der Waals surface area contributed by atoms with E-state index in [4.69, 9.17) is 27.9 Å². The Hall–Kier alpha value is -2.16. The fourth-order valence-corrected chi connectivity index (χ4v) is 7.00. The molecule has 1 N–H and O–H groups in total. The van der Waals surface area contributed by atoms with E-state index in [0.29, 0.717) is 41.7 Å². The van der Waals surface area contributed by atoms with Gasteiger partial charge in [0.25, 0.3) is 5.91 Å². The van der Waals surface area contributed by atoms with Crippen LogP contribution in [0.5, 0.6) is 0 Å². The van der Waals surface area contributed by atoms with Crippen molar-refractivity contribution in [3.8, 4) is 0 Å². The van der Waals surface area contributed by atoms with Crippen molar-refractivity contribution in [1.82, 2.24) is 20.0 Å². The summed E-state index contributed by atoms with van der Waals surface area (Å²) in [6.45, 7) is 5.86. The van der Waals surface area contributed by atoms with Crippen molar-refractivity contribution < 1.29 is 14.3 Å². The fraction of sp³-hybridized carbons (Fsp3) is 0.548. The lowest BCUT2D eigenvalue weighted by Crippen LogP contribution is -2.64. The summed E-state index contributed by atoms with van der Waals surface area (Å²) >= 11 is 12.7. The van der Waals surface area contributed by atoms with Crippen LogP contribution in [-0.2, 0) is 15.1 Å². The summed E-state index contributed by atoms with van der Waals surface area (Å²) in [5.41, 5.74) is 0.469. The molecule has 2 aromatic rings. The van der Waals surface area contributed by atoms with Gasteiger partial charge in [-0.15, -0.1) is 0 Å². The van der Waals surface area contributed by atoms with E-state index in [1.54, 1.807) is 13.1 Å². The molecule has 3 aliphatic rings. The largest absolute Gasteiger partial charge is 0.367 e. The smallest absolute Gasteiger partial charge is 0.254 e. The van der Waals surface area contributed by atoms with E-state index in [1.807, 2.05) is 47.4 Å². The Labute approximate surface area is 247 Å². The second-order valence-corrected chi connectivity index (χ2v) is 12.1. The molecule has 0 aromatic heterocycles. The number of carbonyl (C=O) groups is 2. The lowest BCUT2D eigenvalue weighted by atomic mass is 9.82. The molecule has 0 spiro atoms. The lowest BCUT2D eigenvalue weighted by molar-refractivity contribution is -0.138. The SMILES string of the molecule is CNC(=O)C1(N2CCCCC2)CCN(CCC2(c3ccc(Cl)c(Cl)c3)CN(C(=O)c3ccccc3)CCO2)CC1. The van der Waals surface area contributed by atoms with Gasteiger partial charge in [0.15, 0.2) is 0 Å². The van der Waals surface area contributed by atoms with Crippen LogP contribution in [0.1, 0.15) is 54.4 Å². The van der Waals surface area contributed by atoms with Crippen molar-refractivity contribution in [3.05, 3.63) is 69.7 Å². The van der Waals surface area contributed by atoms with Crippen molar-refractivity contribution in [2.24, 2.45) is 0 Å². The maximum Gasteiger partial charge on any atom is 0.254 e. The number of rotatable bonds is 7. The molecule has 0 aliphatic carbocycles. The van der Waals surface area contributed by atoms with E-state index in [2.05, 4.69) is 15.1 Å². The zero-order chi connectivity index (χ0) is 28.2. The fourth-order valence-electron chi connectivity index (χ4n) is 6.70. The highest BCUT2D eigenvalue weighted by atomic mass is 35.5. The number of likely N-dealkylation sites (tertiary alicyclic amines) is 2. The quantitative estimate of drug-likeness (QED) is 0.504. The molecule has 5 rings (SSSR count). The lowest BCUT2D eigenvalue weighted by Gasteiger charge is -2.49. The number of amides is 2. The number of morpholine rings is 1. The van der Waals surface area contributed by atoms with Gasteiger partial charge in [-0.25, -0.2) is 0 Å². The normalized spacial score (nSPS) is 24.0. The Morgan fingerprint density at radius 1 is 0.925 bits per heavy atom. The van der Waals surface area contributed by atoms with Gasteiger partial charge in [0.1, 0.15) is 11.1 Å². The highest BCUT2D eigenvalue weighted by Crippen LogP contribution is 2.38. The Morgan fingerprint density at radius 3 is 2.33 bits per heavy atom. The standard InChI is InChI=1S/C31H40Cl2N4O3/c1-34-29(39)30(37-15-6-3-7-16-37)12-17-35(18-13-30)19-14-31(25-10-11-26(32)27(33)22-25)23-36(20-21-40-31)28(38)24-8-4-2-5-9-24/h2,4-5,8-11,22H,3,6-7,12-21,23H2,1H3,(H,34,39). The van der Waals surface area contributed by atoms with Gasteiger partial charge in [0, 0.05) is 38.8 Å². The summed E-state index contributed by atoms with van der Waals surface area (Å²) < 4.78 is 6.55. The van der Waals surface area contributed by atoms with Crippen LogP contribution >= 0.6 is 23.2 Å². The van der Waals surface area contributed by atoms with Gasteiger partial charge in [-0.1, -0.05) is 53.9 Å². The first-order valence-electron chi connectivity index (χ1n) is 14.5. The summed E-state index contributed by atoms with van der Waals surface area (Å²) in [7, 11) is 1.75. The van der Waals surface area contributed by atoms with E-state index < -0.39 is 11.1 Å². The van der Waals surface area contributed by atoms with Crippen molar-refractivity contribution in [3.63, 3.8) is 0 Å². The third-order valence-electron chi connectivity index (χ3n) is 9.07. The molecule has 3 heterocycles. The summed E-state index contributed by atoms with van der Waals surface area (Å²) in [5, 5.41) is 3.93. The molecule has 216 valence electrons. The van der Waals surface area contributed by atoms with Crippen LogP contribution in [0.2, 0.25) is 10.0 Å².